The van der Waals surface area contributed by atoms with Gasteiger partial charge in [0.15, 0.2) is 5.69 Å². The van der Waals surface area contributed by atoms with Crippen molar-refractivity contribution in [3.63, 3.8) is 0 Å². The molecule has 0 aromatic carbocycles. The molecule has 0 saturated carbocycles. The van der Waals surface area contributed by atoms with Crippen LogP contribution in [0, 0.1) is 10.6 Å². The molecular formula is C7H8F3IN2. The first-order valence-electron chi connectivity index (χ1n) is 3.68. The maximum absolute atomic E-state index is 12.3. The molecule has 74 valence electrons. The van der Waals surface area contributed by atoms with Gasteiger partial charge in [0.2, 0.25) is 0 Å². The van der Waals surface area contributed by atoms with Crippen molar-refractivity contribution >= 4 is 22.6 Å². The molecule has 0 amide bonds. The summed E-state index contributed by atoms with van der Waals surface area (Å²) in [7, 11) is 0. The lowest BCUT2D eigenvalue weighted by molar-refractivity contribution is -0.141. The van der Waals surface area contributed by atoms with Crippen molar-refractivity contribution in [2.45, 2.75) is 26.6 Å². The van der Waals surface area contributed by atoms with Crippen LogP contribution in [-0.4, -0.2) is 9.78 Å². The molecule has 1 aromatic rings. The molecular weight excluding hydrogens is 296 g/mol. The molecule has 2 nitrogen and oxygen atoms in total. The maximum Gasteiger partial charge on any atom is 0.435 e. The first-order chi connectivity index (χ1) is 5.88. The minimum absolute atomic E-state index is 0.204. The number of aromatic nitrogens is 2. The van der Waals surface area contributed by atoms with Gasteiger partial charge in [-0.15, -0.1) is 0 Å². The van der Waals surface area contributed by atoms with Gasteiger partial charge in [-0.05, 0) is 36.4 Å². The van der Waals surface area contributed by atoms with Gasteiger partial charge in [0.05, 0.1) is 0 Å². The van der Waals surface area contributed by atoms with Gasteiger partial charge >= 0.3 is 6.18 Å². The lowest BCUT2D eigenvalue weighted by Crippen LogP contribution is -2.08. The average Bonchev–Trinajstić information content (AvgIpc) is 2.28. The highest BCUT2D eigenvalue weighted by Gasteiger charge is 2.37. The summed E-state index contributed by atoms with van der Waals surface area (Å²) in [5, 5.41) is 3.48. The van der Waals surface area contributed by atoms with Gasteiger partial charge in [-0.3, -0.25) is 4.68 Å². The molecule has 1 aromatic heterocycles. The minimum Gasteiger partial charge on any atom is -0.259 e. The van der Waals surface area contributed by atoms with Crippen LogP contribution in [0.4, 0.5) is 13.2 Å². The highest BCUT2D eigenvalue weighted by atomic mass is 127. The van der Waals surface area contributed by atoms with E-state index in [2.05, 4.69) is 5.10 Å². The summed E-state index contributed by atoms with van der Waals surface area (Å²) < 4.78 is 38.8. The predicted molar refractivity (Wildman–Crippen MR) is 50.4 cm³/mol. The summed E-state index contributed by atoms with van der Waals surface area (Å²) in [6.45, 7) is 3.65. The van der Waals surface area contributed by atoms with Crippen molar-refractivity contribution < 1.29 is 13.2 Å². The van der Waals surface area contributed by atoms with Crippen LogP contribution in [0.1, 0.15) is 18.2 Å². The normalized spacial score (nSPS) is 12.2. The van der Waals surface area contributed by atoms with Crippen LogP contribution >= 0.6 is 22.6 Å². The summed E-state index contributed by atoms with van der Waals surface area (Å²) >= 11 is 1.87. The number of nitrogens with zero attached hydrogens (tertiary/aromatic N) is 2. The number of hydrogen-bond acceptors (Lipinski definition) is 1. The average molecular weight is 304 g/mol. The van der Waals surface area contributed by atoms with Crippen molar-refractivity contribution in [1.82, 2.24) is 9.78 Å². The van der Waals surface area contributed by atoms with Gasteiger partial charge in [0.1, 0.15) is 3.70 Å². The molecule has 0 radical (unpaired) electrons. The van der Waals surface area contributed by atoms with Gasteiger partial charge < -0.3 is 0 Å². The predicted octanol–water partition coefficient (Wildman–Crippen LogP) is 2.83. The van der Waals surface area contributed by atoms with Gasteiger partial charge in [0, 0.05) is 12.1 Å². The highest BCUT2D eigenvalue weighted by molar-refractivity contribution is 14.1. The summed E-state index contributed by atoms with van der Waals surface area (Å²) in [5.74, 6) is 0. The fraction of sp³-hybridized carbons (Fsp3) is 0.571. The number of alkyl halides is 3. The third-order valence-corrected chi connectivity index (χ3v) is 3.05. The Hall–Kier alpha value is -0.270. The Bertz CT molecular complexity index is 316. The second-order valence-electron chi connectivity index (χ2n) is 2.58. The molecule has 0 aliphatic heterocycles. The van der Waals surface area contributed by atoms with E-state index in [0.717, 1.165) is 0 Å². The summed E-state index contributed by atoms with van der Waals surface area (Å²) in [6.07, 6.45) is -4.34. The van der Waals surface area contributed by atoms with E-state index in [1.165, 1.54) is 11.6 Å². The van der Waals surface area contributed by atoms with Crippen LogP contribution in [0.15, 0.2) is 0 Å². The topological polar surface area (TPSA) is 17.8 Å². The van der Waals surface area contributed by atoms with E-state index in [1.54, 1.807) is 6.92 Å². The van der Waals surface area contributed by atoms with Crippen LogP contribution in [0.2, 0.25) is 0 Å². The van der Waals surface area contributed by atoms with Gasteiger partial charge in [-0.25, -0.2) is 0 Å². The number of hydrogen-bond donors (Lipinski definition) is 0. The van der Waals surface area contributed by atoms with E-state index in [9.17, 15) is 13.2 Å². The van der Waals surface area contributed by atoms with Crippen LogP contribution in [0.3, 0.4) is 0 Å². The minimum atomic E-state index is -4.34. The first kappa shape index (κ1) is 10.8. The van der Waals surface area contributed by atoms with Gasteiger partial charge in [-0.2, -0.15) is 18.3 Å². The first-order valence-corrected chi connectivity index (χ1v) is 4.76. The Balaban J connectivity index is 3.25. The van der Waals surface area contributed by atoms with Crippen molar-refractivity contribution in [2.24, 2.45) is 0 Å². The Morgan fingerprint density at radius 3 is 2.23 bits per heavy atom. The van der Waals surface area contributed by atoms with Gasteiger partial charge in [0.25, 0.3) is 0 Å². The molecule has 0 spiro atoms. The second-order valence-corrected chi connectivity index (χ2v) is 3.60. The molecule has 0 bridgehead atoms. The third kappa shape index (κ3) is 1.97. The lowest BCUT2D eigenvalue weighted by Gasteiger charge is -2.01. The largest absolute Gasteiger partial charge is 0.435 e. The van der Waals surface area contributed by atoms with Crippen LogP contribution in [0.25, 0.3) is 0 Å². The van der Waals surface area contributed by atoms with E-state index in [4.69, 9.17) is 0 Å². The van der Waals surface area contributed by atoms with Crippen molar-refractivity contribution in [3.05, 3.63) is 15.0 Å². The lowest BCUT2D eigenvalue weighted by atomic mass is 10.3. The molecule has 0 aliphatic rings. The van der Waals surface area contributed by atoms with Gasteiger partial charge in [-0.1, -0.05) is 0 Å². The monoisotopic (exact) mass is 304 g/mol. The van der Waals surface area contributed by atoms with Crippen LogP contribution in [0.5, 0.6) is 0 Å². The smallest absolute Gasteiger partial charge is 0.259 e. The maximum atomic E-state index is 12.3. The molecule has 0 unspecified atom stereocenters. The van der Waals surface area contributed by atoms with E-state index in [0.29, 0.717) is 10.2 Å². The molecule has 0 fully saturated rings. The fourth-order valence-electron chi connectivity index (χ4n) is 1.01. The molecule has 13 heavy (non-hydrogen) atoms. The second kappa shape index (κ2) is 3.47. The van der Waals surface area contributed by atoms with Crippen LogP contribution in [-0.2, 0) is 12.7 Å². The summed E-state index contributed by atoms with van der Waals surface area (Å²) in [4.78, 5) is 0. The van der Waals surface area contributed by atoms with Crippen molar-refractivity contribution in [1.29, 1.82) is 0 Å². The Morgan fingerprint density at radius 2 is 2.00 bits per heavy atom. The standard InChI is InChI=1S/C7H8F3IN2/c1-3-13-6(11)4(2)5(12-13)7(8,9)10/h3H2,1-2H3. The fourth-order valence-corrected chi connectivity index (χ4v) is 1.71. The zero-order valence-electron chi connectivity index (χ0n) is 7.11. The number of halogens is 4. The zero-order valence-corrected chi connectivity index (χ0v) is 9.27. The summed E-state index contributed by atoms with van der Waals surface area (Å²) in [5.41, 5.74) is -0.575. The molecule has 0 aliphatic carbocycles. The van der Waals surface area contributed by atoms with Crippen molar-refractivity contribution in [2.75, 3.05) is 0 Å². The van der Waals surface area contributed by atoms with E-state index < -0.39 is 11.9 Å². The molecule has 0 saturated heterocycles. The zero-order chi connectivity index (χ0) is 10.2. The molecule has 6 heteroatoms. The Morgan fingerprint density at radius 1 is 1.46 bits per heavy atom. The van der Waals surface area contributed by atoms with E-state index in [1.807, 2.05) is 22.6 Å². The van der Waals surface area contributed by atoms with Crippen molar-refractivity contribution in [3.8, 4) is 0 Å². The molecule has 1 rings (SSSR count). The molecule has 0 N–H and O–H groups in total. The summed E-state index contributed by atoms with van der Waals surface area (Å²) in [6, 6.07) is 0. The SMILES string of the molecule is CCn1nc(C(F)(F)F)c(C)c1I. The van der Waals surface area contributed by atoms with E-state index in [-0.39, 0.29) is 5.56 Å². The van der Waals surface area contributed by atoms with Crippen LogP contribution < -0.4 is 0 Å². The van der Waals surface area contributed by atoms with E-state index >= 15 is 0 Å². The Labute approximate surface area is 87.3 Å². The number of rotatable bonds is 1. The molecule has 1 heterocycles. The third-order valence-electron chi connectivity index (χ3n) is 1.68. The quantitative estimate of drug-likeness (QED) is 0.730. The highest BCUT2D eigenvalue weighted by Crippen LogP contribution is 2.32. The Kier molecular flexibility index (Phi) is 2.88. The molecule has 0 atom stereocenters. The number of aryl methyl sites for hydroxylation is 1.